The van der Waals surface area contributed by atoms with Gasteiger partial charge in [0, 0.05) is 36.2 Å². The van der Waals surface area contributed by atoms with Gasteiger partial charge in [-0.1, -0.05) is 0 Å². The number of halogens is 3. The normalized spacial score (nSPS) is 19.5. The summed E-state index contributed by atoms with van der Waals surface area (Å²) >= 11 is 0. The Balaban J connectivity index is 1.21. The number of hydrogen-bond acceptors (Lipinski definition) is 7. The number of rotatable bonds is 6. The molecule has 0 spiro atoms. The topological polar surface area (TPSA) is 88.6 Å². The van der Waals surface area contributed by atoms with Crippen molar-refractivity contribution in [3.8, 4) is 11.5 Å². The van der Waals surface area contributed by atoms with Crippen LogP contribution in [0.25, 0.3) is 10.9 Å². The molecule has 1 amide bonds. The highest BCUT2D eigenvalue weighted by Gasteiger charge is 2.39. The first-order valence-corrected chi connectivity index (χ1v) is 10.8. The molecule has 3 heterocycles. The van der Waals surface area contributed by atoms with Crippen LogP contribution in [0.3, 0.4) is 0 Å². The fourth-order valence-electron chi connectivity index (χ4n) is 4.36. The molecule has 2 unspecified atom stereocenters. The van der Waals surface area contributed by atoms with Crippen LogP contribution < -0.4 is 25.0 Å². The van der Waals surface area contributed by atoms with Crippen molar-refractivity contribution in [3.05, 3.63) is 48.2 Å². The fraction of sp³-hybridized carbons (Fsp3) is 0.348. The predicted molar refractivity (Wildman–Crippen MR) is 119 cm³/mol. The first kappa shape index (κ1) is 22.2. The van der Waals surface area contributed by atoms with Crippen LogP contribution in [0.1, 0.15) is 12.1 Å². The van der Waals surface area contributed by atoms with Gasteiger partial charge in [0.2, 0.25) is 5.95 Å². The van der Waals surface area contributed by atoms with Gasteiger partial charge in [0.25, 0.3) is 5.91 Å². The Morgan fingerprint density at radius 2 is 1.94 bits per heavy atom. The number of anilines is 2. The lowest BCUT2D eigenvalue weighted by Gasteiger charge is -2.27. The van der Waals surface area contributed by atoms with Gasteiger partial charge in [-0.2, -0.15) is 0 Å². The smallest absolute Gasteiger partial charge is 0.484 e. The van der Waals surface area contributed by atoms with Gasteiger partial charge in [0.15, 0.2) is 6.61 Å². The van der Waals surface area contributed by atoms with Crippen molar-refractivity contribution in [1.29, 1.82) is 0 Å². The van der Waals surface area contributed by atoms with E-state index in [1.54, 1.807) is 6.07 Å². The molecule has 0 saturated carbocycles. The lowest BCUT2D eigenvalue weighted by atomic mass is 10.1. The molecule has 2 saturated heterocycles. The minimum absolute atomic E-state index is 0.241. The predicted octanol–water partition coefficient (Wildman–Crippen LogP) is 3.40. The van der Waals surface area contributed by atoms with Crippen LogP contribution in [-0.2, 0) is 4.79 Å². The summed E-state index contributed by atoms with van der Waals surface area (Å²) < 4.78 is 45.8. The summed E-state index contributed by atoms with van der Waals surface area (Å²) in [4.78, 5) is 24.0. The van der Waals surface area contributed by atoms with Gasteiger partial charge >= 0.3 is 6.36 Å². The van der Waals surface area contributed by atoms with E-state index in [1.165, 1.54) is 12.1 Å². The van der Waals surface area contributed by atoms with E-state index in [2.05, 4.69) is 20.3 Å². The molecule has 2 aromatic carbocycles. The number of aromatic nitrogens is 2. The number of nitrogens with zero attached hydrogens (tertiary/aromatic N) is 3. The molecule has 2 fully saturated rings. The van der Waals surface area contributed by atoms with E-state index in [-0.39, 0.29) is 18.1 Å². The summed E-state index contributed by atoms with van der Waals surface area (Å²) in [6.07, 6.45) is -3.66. The number of nitrogens with one attached hydrogen (secondary N) is 2. The third kappa shape index (κ3) is 4.84. The first-order valence-electron chi connectivity index (χ1n) is 10.8. The molecule has 1 aromatic heterocycles. The van der Waals surface area contributed by atoms with E-state index in [0.717, 1.165) is 54.2 Å². The second-order valence-corrected chi connectivity index (χ2v) is 8.34. The molecular formula is C23H22F3N5O3. The number of fused-ring (bicyclic) bond motifs is 3. The molecule has 34 heavy (non-hydrogen) atoms. The highest BCUT2D eigenvalue weighted by Crippen LogP contribution is 2.30. The van der Waals surface area contributed by atoms with Gasteiger partial charge in [0.05, 0.1) is 11.2 Å². The number of carbonyl (C=O) groups excluding carboxylic acids is 1. The van der Waals surface area contributed by atoms with E-state index in [0.29, 0.717) is 17.8 Å². The van der Waals surface area contributed by atoms with E-state index in [9.17, 15) is 18.0 Å². The van der Waals surface area contributed by atoms with Gasteiger partial charge in [-0.3, -0.25) is 4.79 Å². The minimum atomic E-state index is -4.77. The number of alkyl halides is 3. The Labute approximate surface area is 193 Å². The number of carbonyl (C=O) groups is 1. The molecule has 2 N–H and O–H groups in total. The van der Waals surface area contributed by atoms with Gasteiger partial charge in [-0.15, -0.1) is 13.2 Å². The van der Waals surface area contributed by atoms with Gasteiger partial charge in [-0.05, 0) is 55.8 Å². The van der Waals surface area contributed by atoms with E-state index in [4.69, 9.17) is 14.7 Å². The van der Waals surface area contributed by atoms with Crippen LogP contribution in [0.15, 0.2) is 42.5 Å². The molecule has 11 heteroatoms. The molecule has 0 radical (unpaired) electrons. The number of aryl methyl sites for hydroxylation is 1. The van der Waals surface area contributed by atoms with Crippen LogP contribution in [0.2, 0.25) is 0 Å². The average Bonchev–Trinajstić information content (AvgIpc) is 3.42. The zero-order chi connectivity index (χ0) is 23.9. The molecule has 2 aliphatic rings. The number of hydrogen-bond donors (Lipinski definition) is 2. The summed E-state index contributed by atoms with van der Waals surface area (Å²) in [5, 5.41) is 7.06. The molecule has 8 nitrogen and oxygen atoms in total. The molecule has 5 rings (SSSR count). The van der Waals surface area contributed by atoms with Crippen LogP contribution in [0.5, 0.6) is 11.5 Å². The van der Waals surface area contributed by atoms with Gasteiger partial charge in [0.1, 0.15) is 11.5 Å². The van der Waals surface area contributed by atoms with E-state index >= 15 is 0 Å². The highest BCUT2D eigenvalue weighted by molar-refractivity contribution is 5.95. The molecular weight excluding hydrogens is 451 g/mol. The Hall–Kier alpha value is -3.60. The average molecular weight is 473 g/mol. The lowest BCUT2D eigenvalue weighted by Crippen LogP contribution is -2.44. The van der Waals surface area contributed by atoms with Crippen LogP contribution in [0, 0.1) is 6.92 Å². The van der Waals surface area contributed by atoms with Gasteiger partial charge < -0.3 is 25.0 Å². The third-order valence-electron chi connectivity index (χ3n) is 5.90. The summed E-state index contributed by atoms with van der Waals surface area (Å²) in [6.45, 7) is 3.46. The molecule has 0 aliphatic carbocycles. The summed E-state index contributed by atoms with van der Waals surface area (Å²) in [7, 11) is 0. The second-order valence-electron chi connectivity index (χ2n) is 8.34. The second kappa shape index (κ2) is 8.64. The number of ether oxygens (including phenoxy) is 2. The molecule has 2 aliphatic heterocycles. The minimum Gasteiger partial charge on any atom is -0.484 e. The first-order chi connectivity index (χ1) is 16.2. The van der Waals surface area contributed by atoms with Crippen molar-refractivity contribution in [2.24, 2.45) is 0 Å². The Morgan fingerprint density at radius 3 is 2.62 bits per heavy atom. The number of piperazine rings is 1. The maximum absolute atomic E-state index is 12.3. The van der Waals surface area contributed by atoms with Gasteiger partial charge in [-0.25, -0.2) is 9.97 Å². The van der Waals surface area contributed by atoms with Crippen LogP contribution in [-0.4, -0.2) is 54.0 Å². The third-order valence-corrected chi connectivity index (χ3v) is 5.90. The lowest BCUT2D eigenvalue weighted by molar-refractivity contribution is -0.274. The standard InChI is InChI=1S/C23H22F3N5O3/c1-13-19-9-14(2-7-20(19)30-22(28-13)31-11-15-8-16(31)10-27-15)29-21(32)12-33-17-3-5-18(6-4-17)34-23(24,25)26/h2-7,9,15-16,27H,8,10-12H2,1H3,(H,29,32). The molecule has 3 aromatic rings. The maximum Gasteiger partial charge on any atom is 0.573 e. The Morgan fingerprint density at radius 1 is 1.18 bits per heavy atom. The maximum atomic E-state index is 12.3. The van der Waals surface area contributed by atoms with Crippen molar-refractivity contribution >= 4 is 28.4 Å². The Bertz CT molecular complexity index is 1220. The SMILES string of the molecule is Cc1nc(N2CC3CC2CN3)nc2ccc(NC(=O)COc3ccc(OC(F)(F)F)cc3)cc12. The zero-order valence-corrected chi connectivity index (χ0v) is 18.2. The monoisotopic (exact) mass is 473 g/mol. The number of benzene rings is 2. The van der Waals surface area contributed by atoms with Crippen molar-refractivity contribution in [3.63, 3.8) is 0 Å². The summed E-state index contributed by atoms with van der Waals surface area (Å²) in [5.41, 5.74) is 2.19. The summed E-state index contributed by atoms with van der Waals surface area (Å²) in [5.74, 6) is 0.197. The van der Waals surface area contributed by atoms with Crippen LogP contribution >= 0.6 is 0 Å². The van der Waals surface area contributed by atoms with Crippen LogP contribution in [0.4, 0.5) is 24.8 Å². The van der Waals surface area contributed by atoms with E-state index < -0.39 is 12.3 Å². The molecule has 2 bridgehead atoms. The highest BCUT2D eigenvalue weighted by atomic mass is 19.4. The summed E-state index contributed by atoms with van der Waals surface area (Å²) in [6, 6.07) is 11.2. The van der Waals surface area contributed by atoms with Crippen molar-refractivity contribution < 1.29 is 27.4 Å². The Kier molecular flexibility index (Phi) is 5.64. The quantitative estimate of drug-likeness (QED) is 0.567. The number of amides is 1. The fourth-order valence-corrected chi connectivity index (χ4v) is 4.36. The molecule has 2 atom stereocenters. The van der Waals surface area contributed by atoms with Crippen molar-refractivity contribution in [2.45, 2.75) is 31.8 Å². The van der Waals surface area contributed by atoms with Crippen molar-refractivity contribution in [2.75, 3.05) is 29.9 Å². The van der Waals surface area contributed by atoms with E-state index in [1.807, 2.05) is 19.1 Å². The zero-order valence-electron chi connectivity index (χ0n) is 18.2. The molecule has 178 valence electrons. The largest absolute Gasteiger partial charge is 0.573 e. The van der Waals surface area contributed by atoms with Crippen molar-refractivity contribution in [1.82, 2.24) is 15.3 Å².